The summed E-state index contributed by atoms with van der Waals surface area (Å²) in [6.07, 6.45) is 0. The van der Waals surface area contributed by atoms with Gasteiger partial charge in [0.25, 0.3) is 11.8 Å². The molecule has 168 valence electrons. The van der Waals surface area contributed by atoms with Gasteiger partial charge in [-0.25, -0.2) is 8.78 Å². The molecule has 0 aliphatic carbocycles. The van der Waals surface area contributed by atoms with E-state index < -0.39 is 16.5 Å². The van der Waals surface area contributed by atoms with Crippen molar-refractivity contribution in [1.29, 1.82) is 0 Å². The summed E-state index contributed by atoms with van der Waals surface area (Å²) in [6.45, 7) is 4.35. The van der Waals surface area contributed by atoms with Gasteiger partial charge in [-0.1, -0.05) is 42.0 Å². The minimum Gasteiger partial charge on any atom is -0.311 e. The Kier molecular flexibility index (Phi) is 5.24. The van der Waals surface area contributed by atoms with E-state index in [0.717, 1.165) is 28.8 Å². The van der Waals surface area contributed by atoms with E-state index in [4.69, 9.17) is 0 Å². The van der Waals surface area contributed by atoms with E-state index in [1.807, 2.05) is 50.2 Å². The van der Waals surface area contributed by atoms with Crippen molar-refractivity contribution in [2.75, 3.05) is 17.2 Å². The van der Waals surface area contributed by atoms with Gasteiger partial charge in [-0.2, -0.15) is 0 Å². The van der Waals surface area contributed by atoms with Crippen molar-refractivity contribution in [3.8, 4) is 0 Å². The van der Waals surface area contributed by atoms with Crippen LogP contribution in [0.15, 0.2) is 60.7 Å². The van der Waals surface area contributed by atoms with Crippen molar-refractivity contribution in [3.05, 3.63) is 100 Å². The molecule has 1 spiro atoms. The van der Waals surface area contributed by atoms with Gasteiger partial charge in [0.15, 0.2) is 16.5 Å². The van der Waals surface area contributed by atoms with E-state index in [0.29, 0.717) is 29.1 Å². The highest BCUT2D eigenvalue weighted by Gasteiger charge is 2.59. The Labute approximate surface area is 195 Å². The monoisotopic (exact) mass is 464 g/mol. The minimum atomic E-state index is -1.18. The van der Waals surface area contributed by atoms with Crippen LogP contribution < -0.4 is 4.90 Å². The van der Waals surface area contributed by atoms with Crippen molar-refractivity contribution < 1.29 is 18.4 Å². The number of halogens is 2. The van der Waals surface area contributed by atoms with Crippen LogP contribution in [0, 0.1) is 25.5 Å². The molecule has 2 heterocycles. The Morgan fingerprint density at radius 3 is 2.58 bits per heavy atom. The molecule has 3 aromatic carbocycles. The fourth-order valence-corrected chi connectivity index (χ4v) is 6.12. The lowest BCUT2D eigenvalue weighted by atomic mass is 10.0. The average molecular weight is 465 g/mol. The second kappa shape index (κ2) is 7.99. The van der Waals surface area contributed by atoms with Gasteiger partial charge in [0, 0.05) is 23.4 Å². The molecular weight excluding hydrogens is 442 g/mol. The number of aryl methyl sites for hydroxylation is 2. The zero-order chi connectivity index (χ0) is 23.3. The van der Waals surface area contributed by atoms with E-state index in [-0.39, 0.29) is 18.4 Å². The molecule has 2 aliphatic heterocycles. The number of nitrogens with zero attached hydrogens (tertiary/aromatic N) is 2. The molecule has 1 fully saturated rings. The molecule has 33 heavy (non-hydrogen) atoms. The molecule has 7 heteroatoms. The fraction of sp³-hybridized carbons (Fsp3) is 0.231. The third-order valence-electron chi connectivity index (χ3n) is 6.29. The Morgan fingerprint density at radius 2 is 1.82 bits per heavy atom. The van der Waals surface area contributed by atoms with Crippen LogP contribution in [0.4, 0.5) is 14.5 Å². The molecule has 0 radical (unpaired) electrons. The predicted molar refractivity (Wildman–Crippen MR) is 125 cm³/mol. The lowest BCUT2D eigenvalue weighted by Gasteiger charge is -2.33. The quantitative estimate of drug-likeness (QED) is 0.537. The van der Waals surface area contributed by atoms with E-state index >= 15 is 0 Å². The number of rotatable bonds is 3. The number of carbonyl (C=O) groups excluding carboxylic acids is 2. The largest absolute Gasteiger partial charge is 0.311 e. The maximum atomic E-state index is 14.0. The molecule has 0 saturated carbocycles. The first-order valence-electron chi connectivity index (χ1n) is 10.7. The molecule has 0 bridgehead atoms. The van der Waals surface area contributed by atoms with Gasteiger partial charge >= 0.3 is 0 Å². The van der Waals surface area contributed by atoms with Crippen molar-refractivity contribution >= 4 is 29.3 Å². The average Bonchev–Trinajstić information content (AvgIpc) is 3.33. The van der Waals surface area contributed by atoms with Crippen LogP contribution >= 0.6 is 11.8 Å². The molecule has 2 amide bonds. The van der Waals surface area contributed by atoms with Crippen LogP contribution in [0.3, 0.4) is 0 Å². The number of fused-ring (bicyclic) bond motifs is 2. The van der Waals surface area contributed by atoms with Crippen molar-refractivity contribution in [2.45, 2.75) is 25.3 Å². The van der Waals surface area contributed by atoms with Crippen LogP contribution in [0.2, 0.25) is 0 Å². The topological polar surface area (TPSA) is 40.6 Å². The van der Waals surface area contributed by atoms with E-state index in [9.17, 15) is 18.4 Å². The van der Waals surface area contributed by atoms with Crippen LogP contribution in [0.25, 0.3) is 0 Å². The highest BCUT2D eigenvalue weighted by molar-refractivity contribution is 8.01. The summed E-state index contributed by atoms with van der Waals surface area (Å²) in [5.74, 6) is -1.69. The standard InChI is InChI=1S/C26H22F2N2O2S/c1-16-7-10-23-20(13-16)26(25(32)29(23)15-18-8-9-21(27)22(28)14-18)30(11-12-33-26)24(31)19-6-4-3-5-17(19)2/h3-10,13-14H,11-12,15H2,1-2H3/t26-/m1/s1. The van der Waals surface area contributed by atoms with Crippen LogP contribution in [-0.4, -0.2) is 29.0 Å². The zero-order valence-electron chi connectivity index (χ0n) is 18.3. The van der Waals surface area contributed by atoms with Gasteiger partial charge in [-0.05, 0) is 49.2 Å². The number of anilines is 1. The number of hydrogen-bond acceptors (Lipinski definition) is 3. The molecule has 0 N–H and O–H groups in total. The van der Waals surface area contributed by atoms with Gasteiger partial charge in [0.2, 0.25) is 0 Å². The molecule has 1 saturated heterocycles. The third-order valence-corrected chi connectivity index (χ3v) is 7.71. The maximum Gasteiger partial charge on any atom is 0.268 e. The Bertz CT molecular complexity index is 1300. The van der Waals surface area contributed by atoms with Crippen LogP contribution in [0.5, 0.6) is 0 Å². The Morgan fingerprint density at radius 1 is 1.03 bits per heavy atom. The van der Waals surface area contributed by atoms with Crippen LogP contribution in [-0.2, 0) is 16.2 Å². The van der Waals surface area contributed by atoms with Gasteiger partial charge < -0.3 is 9.80 Å². The molecule has 2 aliphatic rings. The second-order valence-electron chi connectivity index (χ2n) is 8.42. The van der Waals surface area contributed by atoms with E-state index in [2.05, 4.69) is 0 Å². The van der Waals surface area contributed by atoms with Crippen molar-refractivity contribution in [3.63, 3.8) is 0 Å². The smallest absolute Gasteiger partial charge is 0.268 e. The summed E-state index contributed by atoms with van der Waals surface area (Å²) >= 11 is 1.45. The number of benzene rings is 3. The molecular formula is C26H22F2N2O2S. The summed E-state index contributed by atoms with van der Waals surface area (Å²) in [5.41, 5.74) is 4.33. The lowest BCUT2D eigenvalue weighted by Crippen LogP contribution is -2.50. The molecule has 5 rings (SSSR count). The van der Waals surface area contributed by atoms with E-state index in [1.54, 1.807) is 15.9 Å². The van der Waals surface area contributed by atoms with Crippen molar-refractivity contribution in [1.82, 2.24) is 4.90 Å². The van der Waals surface area contributed by atoms with Crippen LogP contribution in [0.1, 0.15) is 32.6 Å². The van der Waals surface area contributed by atoms with Gasteiger partial charge in [0.1, 0.15) is 0 Å². The van der Waals surface area contributed by atoms with Crippen molar-refractivity contribution in [2.24, 2.45) is 0 Å². The number of thioether (sulfide) groups is 1. The second-order valence-corrected chi connectivity index (χ2v) is 9.71. The highest BCUT2D eigenvalue weighted by atomic mass is 32.2. The summed E-state index contributed by atoms with van der Waals surface area (Å²) in [5, 5.41) is 0. The first kappa shape index (κ1) is 21.6. The molecule has 3 aromatic rings. The molecule has 1 atom stereocenters. The summed E-state index contributed by atoms with van der Waals surface area (Å²) in [4.78, 5) is 29.8. The maximum absolute atomic E-state index is 14.0. The number of hydrogen-bond donors (Lipinski definition) is 0. The number of carbonyl (C=O) groups is 2. The zero-order valence-corrected chi connectivity index (χ0v) is 19.1. The Hall–Kier alpha value is -3.19. The fourth-order valence-electron chi connectivity index (χ4n) is 4.66. The number of amides is 2. The summed E-state index contributed by atoms with van der Waals surface area (Å²) < 4.78 is 27.3. The third kappa shape index (κ3) is 3.33. The lowest BCUT2D eigenvalue weighted by molar-refractivity contribution is -0.123. The molecule has 4 nitrogen and oxygen atoms in total. The first-order valence-corrected chi connectivity index (χ1v) is 11.7. The molecule has 0 unspecified atom stereocenters. The van der Waals surface area contributed by atoms with E-state index in [1.165, 1.54) is 17.8 Å². The normalized spacial score (nSPS) is 19.5. The minimum absolute atomic E-state index is 0.0841. The summed E-state index contributed by atoms with van der Waals surface area (Å²) in [6, 6.07) is 16.7. The predicted octanol–water partition coefficient (Wildman–Crippen LogP) is 5.17. The van der Waals surface area contributed by atoms with Gasteiger partial charge in [0.05, 0.1) is 12.2 Å². The SMILES string of the molecule is Cc1ccc2c(c1)[C@@]1(SCCN1C(=O)c1ccccc1C)C(=O)N2Cc1ccc(F)c(F)c1. The Balaban J connectivity index is 1.61. The molecule has 0 aromatic heterocycles. The summed E-state index contributed by atoms with van der Waals surface area (Å²) in [7, 11) is 0. The van der Waals surface area contributed by atoms with Gasteiger partial charge in [-0.3, -0.25) is 9.59 Å². The van der Waals surface area contributed by atoms with Gasteiger partial charge in [-0.15, -0.1) is 11.8 Å². The highest BCUT2D eigenvalue weighted by Crippen LogP contribution is 2.55. The first-order chi connectivity index (χ1) is 15.8.